The molecule has 2 N–H and O–H groups in total. The number of hydrogen-bond acceptors (Lipinski definition) is 5. The minimum Gasteiger partial charge on any atom is -0.476 e. The lowest BCUT2D eigenvalue weighted by Gasteiger charge is -2.34. The van der Waals surface area contributed by atoms with Crippen molar-refractivity contribution in [1.82, 2.24) is 15.3 Å². The second kappa shape index (κ2) is 6.74. The lowest BCUT2D eigenvalue weighted by atomic mass is 9.90. The fourth-order valence-corrected chi connectivity index (χ4v) is 2.27. The van der Waals surface area contributed by atoms with E-state index in [1.807, 2.05) is 6.92 Å². The maximum absolute atomic E-state index is 11.5. The topological polar surface area (TPSA) is 76.1 Å². The summed E-state index contributed by atoms with van der Waals surface area (Å²) in [5.74, 6) is 1.74. The number of aromatic nitrogens is 2. The summed E-state index contributed by atoms with van der Waals surface area (Å²) >= 11 is 0. The van der Waals surface area contributed by atoms with Crippen molar-refractivity contribution < 1.29 is 9.53 Å². The van der Waals surface area contributed by atoms with E-state index in [1.165, 1.54) is 0 Å². The van der Waals surface area contributed by atoms with E-state index in [9.17, 15) is 4.79 Å². The maximum Gasteiger partial charge on any atom is 0.234 e. The van der Waals surface area contributed by atoms with Crippen molar-refractivity contribution in [1.29, 1.82) is 0 Å². The van der Waals surface area contributed by atoms with Crippen LogP contribution in [0.25, 0.3) is 0 Å². The van der Waals surface area contributed by atoms with Gasteiger partial charge in [-0.05, 0) is 25.7 Å². The number of carbonyl (C=O) groups excluding carboxylic acids is 1. The van der Waals surface area contributed by atoms with Crippen LogP contribution < -0.4 is 15.4 Å². The molecule has 1 unspecified atom stereocenters. The smallest absolute Gasteiger partial charge is 0.234 e. The van der Waals surface area contributed by atoms with Gasteiger partial charge in [0.15, 0.2) is 0 Å². The van der Waals surface area contributed by atoms with Crippen molar-refractivity contribution in [3.63, 3.8) is 0 Å². The van der Waals surface area contributed by atoms with E-state index in [0.29, 0.717) is 37.2 Å². The van der Waals surface area contributed by atoms with Crippen molar-refractivity contribution in [2.24, 2.45) is 5.92 Å². The molecule has 1 fully saturated rings. The van der Waals surface area contributed by atoms with Crippen LogP contribution in [0.15, 0.2) is 12.4 Å². The van der Waals surface area contributed by atoms with Gasteiger partial charge in [-0.15, -0.1) is 0 Å². The van der Waals surface area contributed by atoms with Crippen LogP contribution >= 0.6 is 0 Å². The van der Waals surface area contributed by atoms with E-state index >= 15 is 0 Å². The highest BCUT2D eigenvalue weighted by Gasteiger charge is 2.29. The van der Waals surface area contributed by atoms with Crippen molar-refractivity contribution in [2.45, 2.75) is 45.6 Å². The van der Waals surface area contributed by atoms with Gasteiger partial charge in [0.2, 0.25) is 11.8 Å². The molecule has 2 rings (SSSR count). The van der Waals surface area contributed by atoms with Crippen LogP contribution in [0.2, 0.25) is 0 Å². The van der Waals surface area contributed by atoms with Gasteiger partial charge in [-0.25, -0.2) is 0 Å². The quantitative estimate of drug-likeness (QED) is 0.838. The molecule has 0 saturated carbocycles. The second-order valence-corrected chi connectivity index (χ2v) is 6.26. The van der Waals surface area contributed by atoms with Crippen molar-refractivity contribution >= 4 is 11.7 Å². The van der Waals surface area contributed by atoms with Crippen molar-refractivity contribution in [2.75, 3.05) is 18.5 Å². The molecule has 1 saturated heterocycles. The van der Waals surface area contributed by atoms with Crippen LogP contribution in [-0.2, 0) is 4.79 Å². The lowest BCUT2D eigenvalue weighted by molar-refractivity contribution is -0.124. The van der Waals surface area contributed by atoms with Crippen molar-refractivity contribution in [3.05, 3.63) is 12.4 Å². The van der Waals surface area contributed by atoms with Crippen LogP contribution in [0.4, 0.5) is 5.82 Å². The van der Waals surface area contributed by atoms with Crippen LogP contribution in [-0.4, -0.2) is 34.6 Å². The summed E-state index contributed by atoms with van der Waals surface area (Å²) in [6.45, 7) is 7.46. The van der Waals surface area contributed by atoms with Gasteiger partial charge in [0, 0.05) is 13.0 Å². The van der Waals surface area contributed by atoms with Crippen LogP contribution in [0.3, 0.4) is 0 Å². The summed E-state index contributed by atoms with van der Waals surface area (Å²) in [6.07, 6.45) is 5.78. The number of nitrogens with zero attached hydrogens (tertiary/aromatic N) is 2. The Morgan fingerprint density at radius 3 is 3.00 bits per heavy atom. The molecular weight excluding hydrogens is 268 g/mol. The number of piperidine rings is 1. The molecule has 1 aliphatic rings. The molecular formula is C15H24N4O2. The number of rotatable bonds is 6. The SMILES string of the molecule is CC(C)COc1cncc(NCC2(C)CCCC(=O)N2)n1. The van der Waals surface area contributed by atoms with Gasteiger partial charge in [0.05, 0.1) is 24.5 Å². The molecule has 1 atom stereocenters. The molecule has 1 amide bonds. The number of ether oxygens (including phenoxy) is 1. The van der Waals surface area contributed by atoms with E-state index in [1.54, 1.807) is 12.4 Å². The van der Waals surface area contributed by atoms with E-state index in [-0.39, 0.29) is 11.4 Å². The predicted octanol–water partition coefficient (Wildman–Crippen LogP) is 1.98. The lowest BCUT2D eigenvalue weighted by Crippen LogP contribution is -2.53. The van der Waals surface area contributed by atoms with Crippen molar-refractivity contribution in [3.8, 4) is 5.88 Å². The molecule has 0 aliphatic carbocycles. The summed E-state index contributed by atoms with van der Waals surface area (Å²) in [5, 5.41) is 6.27. The van der Waals surface area contributed by atoms with Gasteiger partial charge in [-0.3, -0.25) is 9.78 Å². The average molecular weight is 292 g/mol. The molecule has 1 aromatic rings. The molecule has 6 nitrogen and oxygen atoms in total. The van der Waals surface area contributed by atoms with Crippen LogP contribution in [0.1, 0.15) is 40.0 Å². The molecule has 1 aliphatic heterocycles. The summed E-state index contributed by atoms with van der Waals surface area (Å²) in [5.41, 5.74) is -0.230. The zero-order valence-electron chi connectivity index (χ0n) is 13.0. The molecule has 116 valence electrons. The molecule has 0 aromatic carbocycles. The third-order valence-electron chi connectivity index (χ3n) is 3.41. The molecule has 21 heavy (non-hydrogen) atoms. The zero-order chi connectivity index (χ0) is 15.3. The van der Waals surface area contributed by atoms with Gasteiger partial charge >= 0.3 is 0 Å². The number of amides is 1. The standard InChI is InChI=1S/C15H24N4O2/c1-11(2)9-21-14-8-16-7-12(18-14)17-10-15(3)6-4-5-13(20)19-15/h7-8,11H,4-6,9-10H2,1-3H3,(H,17,18)(H,19,20). The molecule has 6 heteroatoms. The third-order valence-corrected chi connectivity index (χ3v) is 3.41. The number of anilines is 1. The highest BCUT2D eigenvalue weighted by atomic mass is 16.5. The molecule has 1 aromatic heterocycles. The van der Waals surface area contributed by atoms with E-state index < -0.39 is 0 Å². The predicted molar refractivity (Wildman–Crippen MR) is 81.3 cm³/mol. The first-order valence-electron chi connectivity index (χ1n) is 7.47. The Hall–Kier alpha value is -1.85. The summed E-state index contributed by atoms with van der Waals surface area (Å²) < 4.78 is 5.56. The minimum atomic E-state index is -0.230. The summed E-state index contributed by atoms with van der Waals surface area (Å²) in [7, 11) is 0. The zero-order valence-corrected chi connectivity index (χ0v) is 13.0. The number of hydrogen-bond donors (Lipinski definition) is 2. The first kappa shape index (κ1) is 15.5. The Balaban J connectivity index is 1.90. The third kappa shape index (κ3) is 4.88. The van der Waals surface area contributed by atoms with Gasteiger partial charge in [-0.2, -0.15) is 4.98 Å². The van der Waals surface area contributed by atoms with Gasteiger partial charge in [0.1, 0.15) is 5.82 Å². The first-order chi connectivity index (χ1) is 9.97. The Morgan fingerprint density at radius 1 is 1.48 bits per heavy atom. The summed E-state index contributed by atoms with van der Waals surface area (Å²) in [4.78, 5) is 20.0. The Labute approximate surface area is 125 Å². The van der Waals surface area contributed by atoms with E-state index in [0.717, 1.165) is 12.8 Å². The maximum atomic E-state index is 11.5. The monoisotopic (exact) mass is 292 g/mol. The Bertz CT molecular complexity index is 492. The highest BCUT2D eigenvalue weighted by molar-refractivity contribution is 5.77. The average Bonchev–Trinajstić information content (AvgIpc) is 2.43. The number of nitrogens with one attached hydrogen (secondary N) is 2. The Morgan fingerprint density at radius 2 is 2.29 bits per heavy atom. The molecule has 0 spiro atoms. The molecule has 0 bridgehead atoms. The largest absolute Gasteiger partial charge is 0.476 e. The number of carbonyl (C=O) groups is 1. The van der Waals surface area contributed by atoms with E-state index in [4.69, 9.17) is 4.74 Å². The Kier molecular flexibility index (Phi) is 4.98. The van der Waals surface area contributed by atoms with Gasteiger partial charge in [-0.1, -0.05) is 13.8 Å². The van der Waals surface area contributed by atoms with E-state index in [2.05, 4.69) is 34.4 Å². The normalized spacial score (nSPS) is 22.0. The van der Waals surface area contributed by atoms with Crippen LogP contribution in [0.5, 0.6) is 5.88 Å². The highest BCUT2D eigenvalue weighted by Crippen LogP contribution is 2.20. The minimum absolute atomic E-state index is 0.116. The van der Waals surface area contributed by atoms with Crippen LogP contribution in [0, 0.1) is 5.92 Å². The summed E-state index contributed by atoms with van der Waals surface area (Å²) in [6, 6.07) is 0. The first-order valence-corrected chi connectivity index (χ1v) is 7.47. The fourth-order valence-electron chi connectivity index (χ4n) is 2.27. The fraction of sp³-hybridized carbons (Fsp3) is 0.667. The van der Waals surface area contributed by atoms with Gasteiger partial charge < -0.3 is 15.4 Å². The second-order valence-electron chi connectivity index (χ2n) is 6.26. The van der Waals surface area contributed by atoms with Gasteiger partial charge in [0.25, 0.3) is 0 Å². The molecule has 0 radical (unpaired) electrons. The molecule has 2 heterocycles.